The average Bonchev–Trinajstić information content (AvgIpc) is 2.37. The lowest BCUT2D eigenvalue weighted by atomic mass is 9.95. The van der Waals surface area contributed by atoms with E-state index in [1.807, 2.05) is 6.92 Å². The molecule has 1 nitrogen and oxygen atoms in total. The smallest absolute Gasteiger partial charge is 0.143 e. The van der Waals surface area contributed by atoms with E-state index < -0.39 is 0 Å². The Morgan fingerprint density at radius 2 is 2.33 bits per heavy atom. The summed E-state index contributed by atoms with van der Waals surface area (Å²) in [6, 6.07) is 0. The molecule has 2 rings (SSSR count). The van der Waals surface area contributed by atoms with Crippen LogP contribution < -0.4 is 0 Å². The second-order valence-electron chi connectivity index (χ2n) is 3.08. The van der Waals surface area contributed by atoms with E-state index in [0.29, 0.717) is 23.5 Å². The molecule has 0 aromatic heterocycles. The molecule has 0 aromatic carbocycles. The Labute approximate surface area is 54.8 Å². The molecule has 0 amide bonds. The van der Waals surface area contributed by atoms with Gasteiger partial charge in [-0.3, -0.25) is 4.79 Å². The lowest BCUT2D eigenvalue weighted by Crippen LogP contribution is -2.14. The molecular weight excluding hydrogens is 112 g/mol. The molecule has 0 heterocycles. The van der Waals surface area contributed by atoms with Crippen molar-refractivity contribution in [1.82, 2.24) is 0 Å². The molecule has 0 spiro atoms. The van der Waals surface area contributed by atoms with Gasteiger partial charge in [0, 0.05) is 11.8 Å². The minimum Gasteiger partial charge on any atom is -0.299 e. The average molecular weight is 122 g/mol. The van der Waals surface area contributed by atoms with E-state index in [2.05, 4.69) is 12.2 Å². The molecule has 0 N–H and O–H groups in total. The van der Waals surface area contributed by atoms with Gasteiger partial charge in [-0.2, -0.15) is 0 Å². The molecule has 1 heteroatoms. The maximum absolute atomic E-state index is 11.1. The van der Waals surface area contributed by atoms with Crippen LogP contribution in [0.15, 0.2) is 12.2 Å². The van der Waals surface area contributed by atoms with Gasteiger partial charge < -0.3 is 0 Å². The molecule has 2 aliphatic rings. The summed E-state index contributed by atoms with van der Waals surface area (Å²) in [5, 5.41) is 0. The minimum absolute atomic E-state index is 0.296. The standard InChI is InChI=1S/C8H10O/c1-5-6-2-3-7(4-6)8(5)9/h2-3,5-7H,4H2,1H3/t5-,6+,7-/m1/s1. The lowest BCUT2D eigenvalue weighted by molar-refractivity contribution is -0.122. The van der Waals surface area contributed by atoms with Crippen LogP contribution in [0, 0.1) is 17.8 Å². The van der Waals surface area contributed by atoms with Crippen molar-refractivity contribution in [3.8, 4) is 0 Å². The van der Waals surface area contributed by atoms with Crippen molar-refractivity contribution in [1.29, 1.82) is 0 Å². The van der Waals surface area contributed by atoms with Crippen LogP contribution in [0.3, 0.4) is 0 Å². The molecule has 1 saturated carbocycles. The number of carbonyl (C=O) groups is 1. The zero-order valence-electron chi connectivity index (χ0n) is 5.50. The third-order valence-electron chi connectivity index (χ3n) is 2.57. The van der Waals surface area contributed by atoms with Gasteiger partial charge in [-0.15, -0.1) is 0 Å². The lowest BCUT2D eigenvalue weighted by Gasteiger charge is -2.08. The number of carbonyl (C=O) groups excluding carboxylic acids is 1. The SMILES string of the molecule is C[C@H]1C(=O)[C@@H]2C=C[C@H]1C2. The second-order valence-corrected chi connectivity index (χ2v) is 3.08. The zero-order valence-corrected chi connectivity index (χ0v) is 5.50. The first kappa shape index (κ1) is 5.21. The van der Waals surface area contributed by atoms with E-state index in [-0.39, 0.29) is 0 Å². The number of hydrogen-bond donors (Lipinski definition) is 0. The van der Waals surface area contributed by atoms with Gasteiger partial charge in [-0.05, 0) is 12.3 Å². The van der Waals surface area contributed by atoms with Crippen LogP contribution in [-0.2, 0) is 4.79 Å². The Morgan fingerprint density at radius 1 is 1.56 bits per heavy atom. The van der Waals surface area contributed by atoms with Crippen LogP contribution in [0.5, 0.6) is 0 Å². The number of ketones is 1. The Morgan fingerprint density at radius 3 is 2.67 bits per heavy atom. The maximum atomic E-state index is 11.1. The van der Waals surface area contributed by atoms with Crippen LogP contribution >= 0.6 is 0 Å². The Bertz CT molecular complexity index is 181. The van der Waals surface area contributed by atoms with Crippen LogP contribution in [0.25, 0.3) is 0 Å². The van der Waals surface area contributed by atoms with Gasteiger partial charge in [0.2, 0.25) is 0 Å². The summed E-state index contributed by atoms with van der Waals surface area (Å²) in [6.45, 7) is 2.04. The monoisotopic (exact) mass is 122 g/mol. The summed E-state index contributed by atoms with van der Waals surface area (Å²) < 4.78 is 0. The summed E-state index contributed by atoms with van der Waals surface area (Å²) in [5.74, 6) is 1.66. The number of Topliss-reactive ketones (excluding diaryl/α,β-unsaturated/α-hetero) is 1. The molecule has 9 heavy (non-hydrogen) atoms. The van der Waals surface area contributed by atoms with Crippen molar-refractivity contribution in [2.45, 2.75) is 13.3 Å². The Balaban J connectivity index is 2.36. The van der Waals surface area contributed by atoms with Gasteiger partial charge in [-0.1, -0.05) is 19.1 Å². The van der Waals surface area contributed by atoms with Crippen LogP contribution in [0.1, 0.15) is 13.3 Å². The van der Waals surface area contributed by atoms with Crippen molar-refractivity contribution >= 4 is 5.78 Å². The summed E-state index contributed by atoms with van der Waals surface area (Å²) in [5.41, 5.74) is 0. The second kappa shape index (κ2) is 1.47. The molecule has 3 atom stereocenters. The van der Waals surface area contributed by atoms with E-state index >= 15 is 0 Å². The first-order chi connectivity index (χ1) is 4.29. The van der Waals surface area contributed by atoms with Gasteiger partial charge >= 0.3 is 0 Å². The normalized spacial score (nSPS) is 46.8. The van der Waals surface area contributed by atoms with Crippen molar-refractivity contribution in [3.63, 3.8) is 0 Å². The van der Waals surface area contributed by atoms with Crippen molar-refractivity contribution in [2.24, 2.45) is 17.8 Å². The summed E-state index contributed by atoms with van der Waals surface area (Å²) in [7, 11) is 0. The van der Waals surface area contributed by atoms with Crippen LogP contribution in [0.2, 0.25) is 0 Å². The summed E-state index contributed by atoms with van der Waals surface area (Å²) in [6.07, 6.45) is 5.35. The minimum atomic E-state index is 0.296. The molecule has 0 radical (unpaired) electrons. The van der Waals surface area contributed by atoms with E-state index in [9.17, 15) is 4.79 Å². The molecule has 1 fully saturated rings. The van der Waals surface area contributed by atoms with Crippen molar-refractivity contribution in [2.75, 3.05) is 0 Å². The Hall–Kier alpha value is -0.590. The molecule has 48 valence electrons. The predicted octanol–water partition coefficient (Wildman–Crippen LogP) is 1.40. The zero-order chi connectivity index (χ0) is 6.43. The van der Waals surface area contributed by atoms with E-state index in [1.165, 1.54) is 0 Å². The molecular formula is C8H10O. The van der Waals surface area contributed by atoms with Crippen molar-refractivity contribution < 1.29 is 4.79 Å². The van der Waals surface area contributed by atoms with E-state index in [0.717, 1.165) is 6.42 Å². The highest BCUT2D eigenvalue weighted by molar-refractivity contribution is 5.88. The number of rotatable bonds is 0. The first-order valence-corrected chi connectivity index (χ1v) is 3.51. The third-order valence-corrected chi connectivity index (χ3v) is 2.57. The molecule has 2 bridgehead atoms. The number of hydrogen-bond acceptors (Lipinski definition) is 1. The van der Waals surface area contributed by atoms with Gasteiger partial charge in [-0.25, -0.2) is 0 Å². The predicted molar refractivity (Wildman–Crippen MR) is 34.9 cm³/mol. The van der Waals surface area contributed by atoms with Crippen LogP contribution in [-0.4, -0.2) is 5.78 Å². The Kier molecular flexibility index (Phi) is 0.850. The molecule has 0 aromatic rings. The molecule has 0 saturated heterocycles. The first-order valence-electron chi connectivity index (χ1n) is 3.51. The fraction of sp³-hybridized carbons (Fsp3) is 0.625. The van der Waals surface area contributed by atoms with Gasteiger partial charge in [0.05, 0.1) is 0 Å². The molecule has 0 unspecified atom stereocenters. The van der Waals surface area contributed by atoms with Crippen molar-refractivity contribution in [3.05, 3.63) is 12.2 Å². The van der Waals surface area contributed by atoms with E-state index in [4.69, 9.17) is 0 Å². The number of fused-ring (bicyclic) bond motifs is 2. The maximum Gasteiger partial charge on any atom is 0.143 e. The molecule has 2 aliphatic carbocycles. The fourth-order valence-corrected chi connectivity index (χ4v) is 1.86. The van der Waals surface area contributed by atoms with Gasteiger partial charge in [0.15, 0.2) is 0 Å². The highest BCUT2D eigenvalue weighted by atomic mass is 16.1. The fourth-order valence-electron chi connectivity index (χ4n) is 1.86. The third kappa shape index (κ3) is 0.521. The quantitative estimate of drug-likeness (QED) is 0.444. The highest BCUT2D eigenvalue weighted by Gasteiger charge is 2.40. The van der Waals surface area contributed by atoms with E-state index in [1.54, 1.807) is 0 Å². The summed E-state index contributed by atoms with van der Waals surface area (Å²) in [4.78, 5) is 11.1. The molecule has 0 aliphatic heterocycles. The number of allylic oxidation sites excluding steroid dienone is 2. The largest absolute Gasteiger partial charge is 0.299 e. The summed E-state index contributed by atoms with van der Waals surface area (Å²) >= 11 is 0. The topological polar surface area (TPSA) is 17.1 Å². The van der Waals surface area contributed by atoms with Gasteiger partial charge in [0.1, 0.15) is 5.78 Å². The highest BCUT2D eigenvalue weighted by Crippen LogP contribution is 2.39. The van der Waals surface area contributed by atoms with Crippen LogP contribution in [0.4, 0.5) is 0 Å². The van der Waals surface area contributed by atoms with Gasteiger partial charge in [0.25, 0.3) is 0 Å².